The minimum Gasteiger partial charge on any atom is -0.480 e. The van der Waals surface area contributed by atoms with Crippen molar-refractivity contribution < 1.29 is 19.5 Å². The van der Waals surface area contributed by atoms with Crippen molar-refractivity contribution in [3.63, 3.8) is 0 Å². The molecule has 124 valence electrons. The van der Waals surface area contributed by atoms with E-state index < -0.39 is 12.0 Å². The van der Waals surface area contributed by atoms with Crippen LogP contribution in [0.3, 0.4) is 0 Å². The summed E-state index contributed by atoms with van der Waals surface area (Å²) in [6.07, 6.45) is 8.78. The van der Waals surface area contributed by atoms with Crippen molar-refractivity contribution >= 4 is 17.8 Å². The molecule has 0 aromatic rings. The van der Waals surface area contributed by atoms with Gasteiger partial charge in [-0.05, 0) is 38.7 Å². The highest BCUT2D eigenvalue weighted by Gasteiger charge is 2.26. The van der Waals surface area contributed by atoms with Crippen LogP contribution in [0.2, 0.25) is 0 Å². The maximum absolute atomic E-state index is 12.1. The summed E-state index contributed by atoms with van der Waals surface area (Å²) >= 11 is 0. The molecule has 0 heterocycles. The van der Waals surface area contributed by atoms with E-state index in [2.05, 4.69) is 10.6 Å². The van der Waals surface area contributed by atoms with Crippen LogP contribution in [0.15, 0.2) is 12.2 Å². The number of carbonyl (C=O) groups excluding carboxylic acids is 2. The van der Waals surface area contributed by atoms with Gasteiger partial charge in [0, 0.05) is 12.5 Å². The van der Waals surface area contributed by atoms with Crippen LogP contribution in [0.5, 0.6) is 0 Å². The van der Waals surface area contributed by atoms with Gasteiger partial charge >= 0.3 is 5.97 Å². The molecule has 3 N–H and O–H groups in total. The molecule has 1 fully saturated rings. The zero-order chi connectivity index (χ0) is 16.4. The molecule has 0 bridgehead atoms. The molecule has 0 saturated heterocycles. The van der Waals surface area contributed by atoms with Crippen LogP contribution in [0.4, 0.5) is 0 Å². The van der Waals surface area contributed by atoms with Gasteiger partial charge in [-0.2, -0.15) is 0 Å². The summed E-state index contributed by atoms with van der Waals surface area (Å²) in [7, 11) is 0. The fourth-order valence-electron chi connectivity index (χ4n) is 2.64. The number of rotatable bonds is 8. The number of hydrogen-bond acceptors (Lipinski definition) is 3. The molecular weight excluding hydrogens is 284 g/mol. The molecule has 0 aliphatic heterocycles. The molecule has 2 amide bonds. The number of aliphatic carboxylic acids is 1. The number of allylic oxidation sites excluding steroid dienone is 1. The lowest BCUT2D eigenvalue weighted by Gasteiger charge is -2.23. The van der Waals surface area contributed by atoms with Gasteiger partial charge in [0.1, 0.15) is 6.04 Å². The first-order valence-corrected chi connectivity index (χ1v) is 7.98. The minimum atomic E-state index is -1.02. The molecule has 1 saturated carbocycles. The Morgan fingerprint density at radius 1 is 1.23 bits per heavy atom. The molecule has 0 aromatic heterocycles. The summed E-state index contributed by atoms with van der Waals surface area (Å²) in [6.45, 7) is 2.15. The van der Waals surface area contributed by atoms with E-state index in [-0.39, 0.29) is 17.7 Å². The summed E-state index contributed by atoms with van der Waals surface area (Å²) < 4.78 is 0. The molecule has 1 atom stereocenters. The number of hydrogen-bond donors (Lipinski definition) is 3. The van der Waals surface area contributed by atoms with Crippen molar-refractivity contribution in [2.45, 2.75) is 57.9 Å². The van der Waals surface area contributed by atoms with Crippen LogP contribution in [0.1, 0.15) is 51.9 Å². The zero-order valence-corrected chi connectivity index (χ0v) is 13.1. The van der Waals surface area contributed by atoms with Crippen molar-refractivity contribution in [2.24, 2.45) is 5.92 Å². The Morgan fingerprint density at radius 3 is 2.50 bits per heavy atom. The maximum Gasteiger partial charge on any atom is 0.326 e. The van der Waals surface area contributed by atoms with E-state index in [1.165, 1.54) is 6.08 Å². The van der Waals surface area contributed by atoms with Crippen molar-refractivity contribution in [2.75, 3.05) is 6.54 Å². The van der Waals surface area contributed by atoms with Crippen molar-refractivity contribution in [3.8, 4) is 0 Å². The quantitative estimate of drug-likeness (QED) is 0.469. The molecule has 6 nitrogen and oxygen atoms in total. The molecule has 6 heteroatoms. The number of carboxylic acids is 1. The summed E-state index contributed by atoms with van der Waals surface area (Å²) in [4.78, 5) is 34.5. The van der Waals surface area contributed by atoms with Crippen molar-refractivity contribution in [1.82, 2.24) is 10.6 Å². The van der Waals surface area contributed by atoms with Gasteiger partial charge in [-0.1, -0.05) is 25.3 Å². The third kappa shape index (κ3) is 6.74. The monoisotopic (exact) mass is 310 g/mol. The summed E-state index contributed by atoms with van der Waals surface area (Å²) in [6, 6.07) is -0.881. The molecule has 0 radical (unpaired) electrons. The topological polar surface area (TPSA) is 95.5 Å². The van der Waals surface area contributed by atoms with Crippen LogP contribution in [0.25, 0.3) is 0 Å². The van der Waals surface area contributed by atoms with Crippen LogP contribution < -0.4 is 10.6 Å². The second kappa shape index (κ2) is 9.97. The second-order valence-electron chi connectivity index (χ2n) is 5.67. The van der Waals surface area contributed by atoms with Crippen LogP contribution in [-0.2, 0) is 14.4 Å². The molecule has 0 aromatic carbocycles. The molecule has 0 unspecified atom stereocenters. The van der Waals surface area contributed by atoms with Gasteiger partial charge in [0.2, 0.25) is 11.8 Å². The predicted molar refractivity (Wildman–Crippen MR) is 83.2 cm³/mol. The highest BCUT2D eigenvalue weighted by atomic mass is 16.4. The van der Waals surface area contributed by atoms with Gasteiger partial charge in [0.15, 0.2) is 0 Å². The highest BCUT2D eigenvalue weighted by molar-refractivity contribution is 5.87. The maximum atomic E-state index is 12.1. The second-order valence-corrected chi connectivity index (χ2v) is 5.67. The molecule has 22 heavy (non-hydrogen) atoms. The SMILES string of the molecule is CC=CC(=O)NCCC[C@H](NC(=O)C1CCCCC1)C(=O)O. The summed E-state index contributed by atoms with van der Waals surface area (Å²) in [5.41, 5.74) is 0. The Kier molecular flexibility index (Phi) is 8.25. The van der Waals surface area contributed by atoms with Gasteiger partial charge in [0.05, 0.1) is 0 Å². The van der Waals surface area contributed by atoms with Crippen LogP contribution in [-0.4, -0.2) is 35.5 Å². The Hall–Kier alpha value is -1.85. The largest absolute Gasteiger partial charge is 0.480 e. The zero-order valence-electron chi connectivity index (χ0n) is 13.1. The minimum absolute atomic E-state index is 0.0509. The Balaban J connectivity index is 2.33. The molecule has 0 spiro atoms. The van der Waals surface area contributed by atoms with Gasteiger partial charge in [-0.3, -0.25) is 9.59 Å². The third-order valence-electron chi connectivity index (χ3n) is 3.88. The highest BCUT2D eigenvalue weighted by Crippen LogP contribution is 2.23. The number of nitrogens with one attached hydrogen (secondary N) is 2. The van der Waals surface area contributed by atoms with Crippen LogP contribution in [0, 0.1) is 5.92 Å². The lowest BCUT2D eigenvalue weighted by atomic mass is 9.88. The number of amides is 2. The van der Waals surface area contributed by atoms with E-state index >= 15 is 0 Å². The Morgan fingerprint density at radius 2 is 1.91 bits per heavy atom. The number of carboxylic acid groups (broad SMARTS) is 1. The third-order valence-corrected chi connectivity index (χ3v) is 3.88. The van der Waals surface area contributed by atoms with E-state index in [1.54, 1.807) is 13.0 Å². The Bertz CT molecular complexity index is 414. The molecular formula is C16H26N2O4. The van der Waals surface area contributed by atoms with E-state index in [4.69, 9.17) is 0 Å². The average molecular weight is 310 g/mol. The fourth-order valence-corrected chi connectivity index (χ4v) is 2.64. The van der Waals surface area contributed by atoms with E-state index in [9.17, 15) is 19.5 Å². The van der Waals surface area contributed by atoms with Crippen LogP contribution >= 0.6 is 0 Å². The van der Waals surface area contributed by atoms with Gasteiger partial charge in [-0.25, -0.2) is 4.79 Å². The first-order valence-electron chi connectivity index (χ1n) is 7.98. The average Bonchev–Trinajstić information content (AvgIpc) is 2.51. The van der Waals surface area contributed by atoms with E-state index in [0.717, 1.165) is 32.1 Å². The van der Waals surface area contributed by atoms with E-state index in [0.29, 0.717) is 19.4 Å². The van der Waals surface area contributed by atoms with Crippen molar-refractivity contribution in [3.05, 3.63) is 12.2 Å². The standard InChI is InChI=1S/C16H26N2O4/c1-2-7-14(19)17-11-6-10-13(16(21)22)18-15(20)12-8-4-3-5-9-12/h2,7,12-13H,3-6,8-11H2,1H3,(H,17,19)(H,18,20)(H,21,22)/t13-/m0/s1. The summed E-state index contributed by atoms with van der Waals surface area (Å²) in [5, 5.41) is 14.5. The Labute approximate surface area is 131 Å². The van der Waals surface area contributed by atoms with Crippen molar-refractivity contribution in [1.29, 1.82) is 0 Å². The first-order chi connectivity index (χ1) is 10.5. The summed E-state index contributed by atoms with van der Waals surface area (Å²) in [5.74, 6) is -1.42. The van der Waals surface area contributed by atoms with E-state index in [1.807, 2.05) is 0 Å². The predicted octanol–water partition coefficient (Wildman–Crippen LogP) is 1.61. The van der Waals surface area contributed by atoms with Gasteiger partial charge in [0.25, 0.3) is 0 Å². The lowest BCUT2D eigenvalue weighted by Crippen LogP contribution is -2.44. The normalized spacial score (nSPS) is 17.1. The smallest absolute Gasteiger partial charge is 0.326 e. The first kappa shape index (κ1) is 18.2. The molecule has 1 rings (SSSR count). The molecule has 1 aliphatic rings. The molecule has 1 aliphatic carbocycles. The fraction of sp³-hybridized carbons (Fsp3) is 0.688. The lowest BCUT2D eigenvalue weighted by molar-refractivity contribution is -0.142. The number of carbonyl (C=O) groups is 3. The van der Waals surface area contributed by atoms with Gasteiger partial charge in [-0.15, -0.1) is 0 Å². The van der Waals surface area contributed by atoms with Gasteiger partial charge < -0.3 is 15.7 Å².